The van der Waals surface area contributed by atoms with Gasteiger partial charge in [0.15, 0.2) is 0 Å². The Hall–Kier alpha value is -2.34. The highest BCUT2D eigenvalue weighted by molar-refractivity contribution is 6.00. The second-order valence-corrected chi connectivity index (χ2v) is 5.11. The van der Waals surface area contributed by atoms with E-state index >= 15 is 0 Å². The van der Waals surface area contributed by atoms with Crippen LogP contribution in [0.2, 0.25) is 0 Å². The third-order valence-corrected chi connectivity index (χ3v) is 3.86. The van der Waals surface area contributed by atoms with Crippen molar-refractivity contribution < 1.29 is 9.59 Å². The van der Waals surface area contributed by atoms with E-state index in [1.165, 1.54) is 0 Å². The Kier molecular flexibility index (Phi) is 3.62. The molecule has 0 aliphatic carbocycles. The molecule has 6 nitrogen and oxygen atoms in total. The van der Waals surface area contributed by atoms with Crippen LogP contribution in [0.1, 0.15) is 10.4 Å². The van der Waals surface area contributed by atoms with Gasteiger partial charge in [-0.25, -0.2) is 0 Å². The number of amides is 2. The van der Waals surface area contributed by atoms with E-state index in [1.807, 2.05) is 24.4 Å². The van der Waals surface area contributed by atoms with Crippen LogP contribution in [0.25, 0.3) is 10.9 Å². The van der Waals surface area contributed by atoms with Crippen molar-refractivity contribution in [2.75, 3.05) is 26.7 Å². The average molecular weight is 286 g/mol. The molecule has 1 aromatic heterocycles. The average Bonchev–Trinajstić information content (AvgIpc) is 3.01. The SMILES string of the molecule is CNC(=O)C1CNCCN1C(=O)c1ccc2cc[nH]c2c1. The minimum absolute atomic E-state index is 0.110. The van der Waals surface area contributed by atoms with Gasteiger partial charge < -0.3 is 20.5 Å². The summed E-state index contributed by atoms with van der Waals surface area (Å²) in [6.07, 6.45) is 1.84. The summed E-state index contributed by atoms with van der Waals surface area (Å²) in [5.41, 5.74) is 1.52. The molecule has 1 unspecified atom stereocenters. The molecule has 0 bridgehead atoms. The minimum atomic E-state index is -0.462. The van der Waals surface area contributed by atoms with Crippen molar-refractivity contribution in [1.82, 2.24) is 20.5 Å². The van der Waals surface area contributed by atoms with E-state index in [2.05, 4.69) is 15.6 Å². The summed E-state index contributed by atoms with van der Waals surface area (Å²) in [5, 5.41) is 6.83. The molecule has 1 saturated heterocycles. The molecule has 2 amide bonds. The molecular weight excluding hydrogens is 268 g/mol. The predicted molar refractivity (Wildman–Crippen MR) is 80.1 cm³/mol. The lowest BCUT2D eigenvalue weighted by atomic mass is 10.1. The maximum atomic E-state index is 12.7. The zero-order chi connectivity index (χ0) is 14.8. The number of hydrogen-bond donors (Lipinski definition) is 3. The highest BCUT2D eigenvalue weighted by Gasteiger charge is 2.32. The standard InChI is InChI=1S/C15H18N4O2/c1-16-14(20)13-9-17-6-7-19(13)15(21)11-3-2-10-4-5-18-12(10)8-11/h2-5,8,13,17-18H,6-7,9H2,1H3,(H,16,20). The summed E-state index contributed by atoms with van der Waals surface area (Å²) in [4.78, 5) is 29.4. The van der Waals surface area contributed by atoms with Gasteiger partial charge in [0, 0.05) is 44.0 Å². The third-order valence-electron chi connectivity index (χ3n) is 3.86. The molecule has 1 fully saturated rings. The number of piperazine rings is 1. The van der Waals surface area contributed by atoms with Crippen LogP contribution in [-0.4, -0.2) is 54.4 Å². The molecular formula is C15H18N4O2. The molecule has 0 radical (unpaired) electrons. The summed E-state index contributed by atoms with van der Waals surface area (Å²) in [6.45, 7) is 1.71. The fraction of sp³-hybridized carbons (Fsp3) is 0.333. The first-order valence-corrected chi connectivity index (χ1v) is 7.01. The van der Waals surface area contributed by atoms with E-state index in [0.717, 1.165) is 10.9 Å². The van der Waals surface area contributed by atoms with Crippen LogP contribution in [0, 0.1) is 0 Å². The molecule has 0 spiro atoms. The maximum absolute atomic E-state index is 12.7. The Morgan fingerprint density at radius 1 is 1.33 bits per heavy atom. The first kappa shape index (κ1) is 13.6. The number of carbonyl (C=O) groups is 2. The van der Waals surface area contributed by atoms with Crippen molar-refractivity contribution in [2.24, 2.45) is 0 Å². The first-order chi connectivity index (χ1) is 10.2. The van der Waals surface area contributed by atoms with Gasteiger partial charge in [0.05, 0.1) is 0 Å². The number of rotatable bonds is 2. The van der Waals surface area contributed by atoms with Crippen LogP contribution in [-0.2, 0) is 4.79 Å². The third kappa shape index (κ3) is 2.50. The van der Waals surface area contributed by atoms with Crippen LogP contribution in [0.5, 0.6) is 0 Å². The number of aromatic nitrogens is 1. The number of nitrogens with zero attached hydrogens (tertiary/aromatic N) is 1. The molecule has 21 heavy (non-hydrogen) atoms. The largest absolute Gasteiger partial charge is 0.361 e. The van der Waals surface area contributed by atoms with Crippen LogP contribution in [0.3, 0.4) is 0 Å². The Bertz CT molecular complexity index is 679. The fourth-order valence-electron chi connectivity index (χ4n) is 2.69. The first-order valence-electron chi connectivity index (χ1n) is 7.01. The van der Waals surface area contributed by atoms with E-state index in [1.54, 1.807) is 18.0 Å². The van der Waals surface area contributed by atoms with Gasteiger partial charge in [-0.2, -0.15) is 0 Å². The number of hydrogen-bond acceptors (Lipinski definition) is 3. The number of benzene rings is 1. The van der Waals surface area contributed by atoms with Crippen molar-refractivity contribution in [3.63, 3.8) is 0 Å². The summed E-state index contributed by atoms with van der Waals surface area (Å²) in [6, 6.07) is 7.05. The lowest BCUT2D eigenvalue weighted by molar-refractivity contribution is -0.125. The van der Waals surface area contributed by atoms with Gasteiger partial charge in [-0.3, -0.25) is 9.59 Å². The zero-order valence-electron chi connectivity index (χ0n) is 11.8. The Morgan fingerprint density at radius 3 is 3.00 bits per heavy atom. The number of fused-ring (bicyclic) bond motifs is 1. The zero-order valence-corrected chi connectivity index (χ0v) is 11.8. The number of H-pyrrole nitrogens is 1. The van der Waals surface area contributed by atoms with E-state index in [0.29, 0.717) is 25.2 Å². The Balaban J connectivity index is 1.89. The topological polar surface area (TPSA) is 77.2 Å². The Labute approximate surface area is 122 Å². The second-order valence-electron chi connectivity index (χ2n) is 5.11. The number of nitrogens with one attached hydrogen (secondary N) is 3. The predicted octanol–water partition coefficient (Wildman–Crippen LogP) is 0.328. The molecule has 1 aliphatic rings. The molecule has 2 heterocycles. The van der Waals surface area contributed by atoms with Gasteiger partial charge >= 0.3 is 0 Å². The highest BCUT2D eigenvalue weighted by atomic mass is 16.2. The van der Waals surface area contributed by atoms with E-state index in [-0.39, 0.29) is 11.8 Å². The molecule has 3 rings (SSSR count). The Morgan fingerprint density at radius 2 is 2.19 bits per heavy atom. The number of carbonyl (C=O) groups excluding carboxylic acids is 2. The summed E-state index contributed by atoms with van der Waals surface area (Å²) >= 11 is 0. The number of likely N-dealkylation sites (N-methyl/N-ethyl adjacent to an activating group) is 1. The highest BCUT2D eigenvalue weighted by Crippen LogP contribution is 2.17. The smallest absolute Gasteiger partial charge is 0.254 e. The molecule has 3 N–H and O–H groups in total. The fourth-order valence-corrected chi connectivity index (χ4v) is 2.69. The van der Waals surface area contributed by atoms with Crippen LogP contribution >= 0.6 is 0 Å². The quantitative estimate of drug-likeness (QED) is 0.744. The van der Waals surface area contributed by atoms with Crippen LogP contribution in [0.4, 0.5) is 0 Å². The molecule has 0 saturated carbocycles. The van der Waals surface area contributed by atoms with Crippen molar-refractivity contribution in [1.29, 1.82) is 0 Å². The molecule has 1 aromatic carbocycles. The van der Waals surface area contributed by atoms with Gasteiger partial charge in [0.25, 0.3) is 5.91 Å². The normalized spacial score (nSPS) is 18.7. The van der Waals surface area contributed by atoms with Crippen molar-refractivity contribution in [3.8, 4) is 0 Å². The van der Waals surface area contributed by atoms with Crippen LogP contribution < -0.4 is 10.6 Å². The molecule has 1 atom stereocenters. The van der Waals surface area contributed by atoms with Gasteiger partial charge in [-0.1, -0.05) is 6.07 Å². The molecule has 6 heteroatoms. The van der Waals surface area contributed by atoms with E-state index in [9.17, 15) is 9.59 Å². The lowest BCUT2D eigenvalue weighted by Crippen LogP contribution is -2.59. The summed E-state index contributed by atoms with van der Waals surface area (Å²) < 4.78 is 0. The lowest BCUT2D eigenvalue weighted by Gasteiger charge is -2.35. The van der Waals surface area contributed by atoms with Crippen molar-refractivity contribution in [3.05, 3.63) is 36.0 Å². The minimum Gasteiger partial charge on any atom is -0.361 e. The summed E-state index contributed by atoms with van der Waals surface area (Å²) in [7, 11) is 1.59. The second kappa shape index (κ2) is 5.57. The van der Waals surface area contributed by atoms with E-state index < -0.39 is 6.04 Å². The van der Waals surface area contributed by atoms with Gasteiger partial charge in [0.1, 0.15) is 6.04 Å². The number of aromatic amines is 1. The van der Waals surface area contributed by atoms with Crippen molar-refractivity contribution >= 4 is 22.7 Å². The monoisotopic (exact) mass is 286 g/mol. The molecule has 2 aromatic rings. The molecule has 1 aliphatic heterocycles. The maximum Gasteiger partial charge on any atom is 0.254 e. The van der Waals surface area contributed by atoms with Gasteiger partial charge in [0.2, 0.25) is 5.91 Å². The summed E-state index contributed by atoms with van der Waals surface area (Å²) in [5.74, 6) is -0.252. The van der Waals surface area contributed by atoms with Crippen LogP contribution in [0.15, 0.2) is 30.5 Å². The molecule has 110 valence electrons. The van der Waals surface area contributed by atoms with Crippen molar-refractivity contribution in [2.45, 2.75) is 6.04 Å². The van der Waals surface area contributed by atoms with E-state index in [4.69, 9.17) is 0 Å². The van der Waals surface area contributed by atoms with Gasteiger partial charge in [-0.15, -0.1) is 0 Å². The van der Waals surface area contributed by atoms with Gasteiger partial charge in [-0.05, 0) is 23.6 Å².